The van der Waals surface area contributed by atoms with Gasteiger partial charge in [0, 0.05) is 12.2 Å². The van der Waals surface area contributed by atoms with Gasteiger partial charge in [0.1, 0.15) is 0 Å². The van der Waals surface area contributed by atoms with Crippen molar-refractivity contribution in [2.45, 2.75) is 19.3 Å². The van der Waals surface area contributed by atoms with Gasteiger partial charge in [-0.05, 0) is 37.0 Å². The Kier molecular flexibility index (Phi) is 2.35. The van der Waals surface area contributed by atoms with Crippen LogP contribution in [0.3, 0.4) is 0 Å². The second-order valence-electron chi connectivity index (χ2n) is 4.72. The molecule has 0 unspecified atom stereocenters. The van der Waals surface area contributed by atoms with Gasteiger partial charge in [0.15, 0.2) is 0 Å². The van der Waals surface area contributed by atoms with Crippen molar-refractivity contribution in [1.29, 1.82) is 0 Å². The van der Waals surface area contributed by atoms with E-state index in [2.05, 4.69) is 10.6 Å². The van der Waals surface area contributed by atoms with E-state index in [4.69, 9.17) is 0 Å². The van der Waals surface area contributed by atoms with Crippen LogP contribution in [0.2, 0.25) is 0 Å². The van der Waals surface area contributed by atoms with Crippen molar-refractivity contribution in [1.82, 2.24) is 5.32 Å². The van der Waals surface area contributed by atoms with Gasteiger partial charge in [-0.15, -0.1) is 0 Å². The van der Waals surface area contributed by atoms with Gasteiger partial charge in [0.25, 0.3) is 11.8 Å². The first-order chi connectivity index (χ1) is 8.24. The van der Waals surface area contributed by atoms with Gasteiger partial charge < -0.3 is 5.32 Å². The Morgan fingerprint density at radius 2 is 1.94 bits per heavy atom. The number of imide groups is 1. The highest BCUT2D eigenvalue weighted by Gasteiger charge is 2.26. The predicted molar refractivity (Wildman–Crippen MR) is 64.1 cm³/mol. The molecule has 0 saturated heterocycles. The van der Waals surface area contributed by atoms with E-state index in [1.807, 2.05) is 6.07 Å². The molecule has 0 radical (unpaired) electrons. The zero-order valence-corrected chi connectivity index (χ0v) is 9.45. The first-order valence-corrected chi connectivity index (χ1v) is 5.97. The molecule has 17 heavy (non-hydrogen) atoms. The minimum Gasteiger partial charge on any atom is -0.385 e. The number of carbonyl (C=O) groups excluding carboxylic acids is 2. The van der Waals surface area contributed by atoms with Crippen molar-refractivity contribution in [3.8, 4) is 0 Å². The second-order valence-corrected chi connectivity index (χ2v) is 4.72. The molecule has 1 aliphatic carbocycles. The van der Waals surface area contributed by atoms with Crippen LogP contribution >= 0.6 is 0 Å². The number of fused-ring (bicyclic) bond motifs is 1. The normalized spacial score (nSPS) is 18.6. The highest BCUT2D eigenvalue weighted by molar-refractivity contribution is 6.21. The van der Waals surface area contributed by atoms with Crippen molar-refractivity contribution >= 4 is 17.5 Å². The Labute approximate surface area is 99.4 Å². The number of hydrogen-bond acceptors (Lipinski definition) is 3. The van der Waals surface area contributed by atoms with Crippen molar-refractivity contribution < 1.29 is 9.59 Å². The predicted octanol–water partition coefficient (Wildman–Crippen LogP) is 1.78. The maximum Gasteiger partial charge on any atom is 0.259 e. The van der Waals surface area contributed by atoms with Crippen molar-refractivity contribution in [3.05, 3.63) is 29.3 Å². The molecule has 4 heteroatoms. The fourth-order valence-corrected chi connectivity index (χ4v) is 2.24. The summed E-state index contributed by atoms with van der Waals surface area (Å²) in [5.74, 6) is 0.173. The molecule has 0 bridgehead atoms. The summed E-state index contributed by atoms with van der Waals surface area (Å²) in [7, 11) is 0. The van der Waals surface area contributed by atoms with Crippen LogP contribution in [-0.4, -0.2) is 18.4 Å². The number of rotatable bonds is 3. The molecule has 1 aromatic rings. The zero-order valence-electron chi connectivity index (χ0n) is 9.45. The summed E-state index contributed by atoms with van der Waals surface area (Å²) in [6.07, 6.45) is 3.90. The maximum atomic E-state index is 11.5. The van der Waals surface area contributed by atoms with Crippen LogP contribution in [0.1, 0.15) is 40.0 Å². The number of amides is 2. The lowest BCUT2D eigenvalue weighted by molar-refractivity contribution is 0.0879. The number of carbonyl (C=O) groups is 2. The lowest BCUT2D eigenvalue weighted by Crippen LogP contribution is -2.21. The molecular formula is C13H14N2O2. The molecule has 2 aliphatic rings. The van der Waals surface area contributed by atoms with Gasteiger partial charge in [-0.2, -0.15) is 0 Å². The number of hydrogen-bond donors (Lipinski definition) is 2. The minimum absolute atomic E-state index is 0.294. The topological polar surface area (TPSA) is 58.2 Å². The van der Waals surface area contributed by atoms with E-state index in [1.54, 1.807) is 12.1 Å². The molecule has 88 valence electrons. The third-order valence-electron chi connectivity index (χ3n) is 3.56. The summed E-state index contributed by atoms with van der Waals surface area (Å²) in [5, 5.41) is 5.61. The Morgan fingerprint density at radius 1 is 1.18 bits per heavy atom. The molecule has 1 saturated carbocycles. The van der Waals surface area contributed by atoms with E-state index in [1.165, 1.54) is 19.3 Å². The van der Waals surface area contributed by atoms with E-state index >= 15 is 0 Å². The number of nitrogens with one attached hydrogen (secondary N) is 2. The second kappa shape index (κ2) is 3.87. The summed E-state index contributed by atoms with van der Waals surface area (Å²) in [6.45, 7) is 0.953. The summed E-state index contributed by atoms with van der Waals surface area (Å²) in [4.78, 5) is 22.8. The van der Waals surface area contributed by atoms with Crippen molar-refractivity contribution in [2.75, 3.05) is 11.9 Å². The zero-order chi connectivity index (χ0) is 11.8. The van der Waals surface area contributed by atoms with Crippen molar-refractivity contribution in [3.63, 3.8) is 0 Å². The van der Waals surface area contributed by atoms with Gasteiger partial charge in [-0.25, -0.2) is 0 Å². The van der Waals surface area contributed by atoms with Gasteiger partial charge >= 0.3 is 0 Å². The fraction of sp³-hybridized carbons (Fsp3) is 0.385. The minimum atomic E-state index is -0.296. The molecule has 1 heterocycles. The molecule has 3 rings (SSSR count). The van der Waals surface area contributed by atoms with Crippen LogP contribution in [0.5, 0.6) is 0 Å². The summed E-state index contributed by atoms with van der Waals surface area (Å²) in [5.41, 5.74) is 1.87. The largest absolute Gasteiger partial charge is 0.385 e. The molecule has 2 N–H and O–H groups in total. The van der Waals surface area contributed by atoms with E-state index in [9.17, 15) is 9.59 Å². The first-order valence-electron chi connectivity index (χ1n) is 5.97. The summed E-state index contributed by atoms with van der Waals surface area (Å²) < 4.78 is 0. The molecule has 0 aromatic heterocycles. The Hall–Kier alpha value is -1.84. The van der Waals surface area contributed by atoms with Crippen LogP contribution < -0.4 is 10.6 Å². The average Bonchev–Trinajstić information content (AvgIpc) is 2.53. The highest BCUT2D eigenvalue weighted by Crippen LogP contribution is 2.27. The smallest absolute Gasteiger partial charge is 0.259 e. The van der Waals surface area contributed by atoms with E-state index in [0.717, 1.165) is 18.2 Å². The standard InChI is InChI=1S/C13H14N2O2/c16-12-10-5-4-9(6-11(10)13(17)15-12)14-7-8-2-1-3-8/h4-6,8,14H,1-3,7H2,(H,15,16,17). The van der Waals surface area contributed by atoms with Gasteiger partial charge in [-0.1, -0.05) is 6.42 Å². The Bertz CT molecular complexity index is 492. The van der Waals surface area contributed by atoms with Crippen LogP contribution in [-0.2, 0) is 0 Å². The molecule has 1 aliphatic heterocycles. The molecule has 0 atom stereocenters. The molecule has 0 spiro atoms. The Morgan fingerprint density at radius 3 is 2.65 bits per heavy atom. The van der Waals surface area contributed by atoms with Crippen LogP contribution in [0, 0.1) is 5.92 Å². The fourth-order valence-electron chi connectivity index (χ4n) is 2.24. The third-order valence-corrected chi connectivity index (χ3v) is 3.56. The average molecular weight is 230 g/mol. The van der Waals surface area contributed by atoms with Gasteiger partial charge in [-0.3, -0.25) is 14.9 Å². The van der Waals surface area contributed by atoms with Crippen LogP contribution in [0.25, 0.3) is 0 Å². The summed E-state index contributed by atoms with van der Waals surface area (Å²) >= 11 is 0. The third kappa shape index (κ3) is 1.79. The van der Waals surface area contributed by atoms with E-state index in [-0.39, 0.29) is 11.8 Å². The monoisotopic (exact) mass is 230 g/mol. The number of anilines is 1. The van der Waals surface area contributed by atoms with Gasteiger partial charge in [0.2, 0.25) is 0 Å². The molecular weight excluding hydrogens is 216 g/mol. The van der Waals surface area contributed by atoms with Crippen LogP contribution in [0.4, 0.5) is 5.69 Å². The van der Waals surface area contributed by atoms with E-state index in [0.29, 0.717) is 11.1 Å². The molecule has 1 aromatic carbocycles. The quantitative estimate of drug-likeness (QED) is 0.778. The molecule has 4 nitrogen and oxygen atoms in total. The Balaban J connectivity index is 1.76. The lowest BCUT2D eigenvalue weighted by Gasteiger charge is -2.25. The van der Waals surface area contributed by atoms with E-state index < -0.39 is 0 Å². The first kappa shape index (κ1) is 10.3. The highest BCUT2D eigenvalue weighted by atomic mass is 16.2. The van der Waals surface area contributed by atoms with Crippen LogP contribution in [0.15, 0.2) is 18.2 Å². The summed E-state index contributed by atoms with van der Waals surface area (Å²) in [6, 6.07) is 5.32. The number of benzene rings is 1. The van der Waals surface area contributed by atoms with Crippen molar-refractivity contribution in [2.24, 2.45) is 5.92 Å². The SMILES string of the molecule is O=C1NC(=O)c2cc(NCC3CCC3)ccc21. The maximum absolute atomic E-state index is 11.5. The van der Waals surface area contributed by atoms with Gasteiger partial charge in [0.05, 0.1) is 11.1 Å². The lowest BCUT2D eigenvalue weighted by atomic mass is 9.85. The molecule has 2 amide bonds. The molecule has 1 fully saturated rings.